The third-order valence-electron chi connectivity index (χ3n) is 4.21. The largest absolute Gasteiger partial charge is 0.479 e. The van der Waals surface area contributed by atoms with Crippen molar-refractivity contribution >= 4 is 35.3 Å². The number of nitrogens with one attached hydrogen (secondary N) is 1. The summed E-state index contributed by atoms with van der Waals surface area (Å²) >= 11 is 1.08. The Balaban J connectivity index is 1.78. The first-order valence-corrected chi connectivity index (χ1v) is 8.55. The number of rotatable bonds is 5. The number of fused-ring (bicyclic) bond motifs is 1. The second-order valence-corrected chi connectivity index (χ2v) is 6.80. The maximum absolute atomic E-state index is 12.6. The highest BCUT2D eigenvalue weighted by atomic mass is 32.2. The number of ketones is 1. The number of carboxylic acid groups (broad SMARTS) is 1. The lowest BCUT2D eigenvalue weighted by atomic mass is 9.95. The summed E-state index contributed by atoms with van der Waals surface area (Å²) in [6, 6.07) is 7.45. The quantitative estimate of drug-likeness (QED) is 0.416. The minimum Gasteiger partial charge on any atom is -0.479 e. The summed E-state index contributed by atoms with van der Waals surface area (Å²) in [6.45, 7) is 0. The number of carbonyl (C=O) groups is 4. The molecule has 25 heavy (non-hydrogen) atoms. The second-order valence-electron chi connectivity index (χ2n) is 5.73. The van der Waals surface area contributed by atoms with Crippen LogP contribution in [0.5, 0.6) is 0 Å². The number of hydrogen-bond donors (Lipinski definition) is 2. The normalized spacial score (nSPS) is 28.1. The maximum Gasteiger partial charge on any atom is 0.334 e. The highest BCUT2D eigenvalue weighted by molar-refractivity contribution is 8.00. The number of amides is 2. The second kappa shape index (κ2) is 6.49. The van der Waals surface area contributed by atoms with Gasteiger partial charge in [0.2, 0.25) is 5.91 Å². The third-order valence-corrected chi connectivity index (χ3v) is 5.53. The Bertz CT molecular complexity index is 739. The molecule has 0 bridgehead atoms. The van der Waals surface area contributed by atoms with Crippen molar-refractivity contribution in [3.63, 3.8) is 0 Å². The first-order chi connectivity index (χ1) is 11.9. The zero-order chi connectivity index (χ0) is 18.2. The van der Waals surface area contributed by atoms with Crippen molar-refractivity contribution in [1.29, 1.82) is 0 Å². The summed E-state index contributed by atoms with van der Waals surface area (Å²) in [5, 5.41) is 11.0. The molecule has 2 amide bonds. The number of ether oxygens (including phenoxy) is 1. The van der Waals surface area contributed by atoms with E-state index in [1.807, 2.05) is 6.07 Å². The van der Waals surface area contributed by atoms with Crippen LogP contribution in [0.3, 0.4) is 0 Å². The molecule has 0 radical (unpaired) electrons. The highest BCUT2D eigenvalue weighted by Crippen LogP contribution is 2.44. The van der Waals surface area contributed by atoms with Gasteiger partial charge >= 0.3 is 5.97 Å². The van der Waals surface area contributed by atoms with Gasteiger partial charge in [-0.05, 0) is 5.56 Å². The van der Waals surface area contributed by atoms with Crippen LogP contribution in [-0.4, -0.2) is 63.6 Å². The molecule has 8 nitrogen and oxygen atoms in total. The van der Waals surface area contributed by atoms with E-state index in [1.165, 1.54) is 7.11 Å². The Hall–Kier alpha value is -2.39. The van der Waals surface area contributed by atoms with Crippen molar-refractivity contribution in [3.8, 4) is 0 Å². The van der Waals surface area contributed by atoms with Gasteiger partial charge in [-0.1, -0.05) is 30.3 Å². The average molecular weight is 364 g/mol. The lowest BCUT2D eigenvalue weighted by Gasteiger charge is -2.57. The Kier molecular flexibility index (Phi) is 4.53. The fraction of sp³-hybridized carbons (Fsp3) is 0.375. The van der Waals surface area contributed by atoms with Gasteiger partial charge < -0.3 is 20.1 Å². The smallest absolute Gasteiger partial charge is 0.334 e. The van der Waals surface area contributed by atoms with E-state index < -0.39 is 40.7 Å². The fourth-order valence-electron chi connectivity index (χ4n) is 3.02. The van der Waals surface area contributed by atoms with E-state index in [0.29, 0.717) is 0 Å². The molecule has 0 aliphatic carbocycles. The van der Waals surface area contributed by atoms with E-state index in [2.05, 4.69) is 5.32 Å². The van der Waals surface area contributed by atoms with Crippen molar-refractivity contribution in [3.05, 3.63) is 35.9 Å². The molecule has 0 aromatic heterocycles. The Morgan fingerprint density at radius 2 is 2.04 bits per heavy atom. The molecule has 132 valence electrons. The molecule has 1 aromatic rings. The van der Waals surface area contributed by atoms with Gasteiger partial charge in [-0.3, -0.25) is 14.4 Å². The number of Topliss-reactive ketones (excluding diaryl/α,β-unsaturated/α-hetero) is 1. The van der Waals surface area contributed by atoms with Crippen LogP contribution in [-0.2, 0) is 30.3 Å². The standard InChI is InChI=1S/C16H16N2O6S/c1-24-16(17-11(20)7-9-5-3-2-4-6-9)14(23)18-12(13(21)22)10(19)8-25-15(16)18/h2-6,12,15H,7-8H2,1H3,(H,17,20)(H,21,22)/t12?,15-,16?/m0/s1. The zero-order valence-electron chi connectivity index (χ0n) is 13.3. The summed E-state index contributed by atoms with van der Waals surface area (Å²) in [4.78, 5) is 49.0. The molecule has 3 rings (SSSR count). The minimum atomic E-state index is -1.65. The molecule has 3 atom stereocenters. The van der Waals surface area contributed by atoms with Gasteiger partial charge in [0.05, 0.1) is 12.2 Å². The van der Waals surface area contributed by atoms with Gasteiger partial charge in [-0.25, -0.2) is 4.79 Å². The highest BCUT2D eigenvalue weighted by Gasteiger charge is 2.68. The number of nitrogens with zero attached hydrogens (tertiary/aromatic N) is 1. The number of carboxylic acids is 1. The van der Waals surface area contributed by atoms with Crippen molar-refractivity contribution in [2.75, 3.05) is 12.9 Å². The number of benzene rings is 1. The summed E-state index contributed by atoms with van der Waals surface area (Å²) in [7, 11) is 1.27. The van der Waals surface area contributed by atoms with E-state index in [0.717, 1.165) is 22.2 Å². The lowest BCUT2D eigenvalue weighted by molar-refractivity contribution is -0.203. The zero-order valence-corrected chi connectivity index (χ0v) is 14.1. The molecular formula is C16H16N2O6S. The fourth-order valence-corrected chi connectivity index (χ4v) is 4.37. The molecule has 2 fully saturated rings. The summed E-state index contributed by atoms with van der Waals surface area (Å²) in [5.41, 5.74) is -0.880. The van der Waals surface area contributed by atoms with Crippen LogP contribution in [0.25, 0.3) is 0 Å². The van der Waals surface area contributed by atoms with Gasteiger partial charge in [-0.15, -0.1) is 11.8 Å². The molecule has 2 unspecified atom stereocenters. The SMILES string of the molecule is COC1(NC(=O)Cc2ccccc2)C(=O)N2C(C(=O)O)C(=O)CS[C@H]21. The molecule has 0 spiro atoms. The Labute approximate surface area is 147 Å². The molecule has 2 saturated heterocycles. The van der Waals surface area contributed by atoms with Crippen LogP contribution in [0, 0.1) is 0 Å². The molecule has 2 aliphatic heterocycles. The predicted octanol–water partition coefficient (Wildman–Crippen LogP) is -0.375. The number of β-lactam (4-membered cyclic amide) rings is 1. The average Bonchev–Trinajstić information content (AvgIpc) is 2.59. The summed E-state index contributed by atoms with van der Waals surface area (Å²) in [6.07, 6.45) is 0.0535. The van der Waals surface area contributed by atoms with E-state index >= 15 is 0 Å². The molecule has 1 aromatic carbocycles. The van der Waals surface area contributed by atoms with Crippen molar-refractivity contribution in [2.24, 2.45) is 0 Å². The topological polar surface area (TPSA) is 113 Å². The van der Waals surface area contributed by atoms with Crippen LogP contribution in [0.15, 0.2) is 30.3 Å². The third kappa shape index (κ3) is 2.79. The van der Waals surface area contributed by atoms with E-state index in [1.54, 1.807) is 24.3 Å². The van der Waals surface area contributed by atoms with Crippen molar-refractivity contribution < 1.29 is 29.0 Å². The van der Waals surface area contributed by atoms with Gasteiger partial charge in [0, 0.05) is 7.11 Å². The molecule has 0 saturated carbocycles. The van der Waals surface area contributed by atoms with Crippen molar-refractivity contribution in [1.82, 2.24) is 10.2 Å². The van der Waals surface area contributed by atoms with Crippen molar-refractivity contribution in [2.45, 2.75) is 23.6 Å². The monoisotopic (exact) mass is 364 g/mol. The summed E-state index contributed by atoms with van der Waals surface area (Å²) in [5.74, 6) is -3.16. The predicted molar refractivity (Wildman–Crippen MR) is 87.6 cm³/mol. The first-order valence-electron chi connectivity index (χ1n) is 7.50. The van der Waals surface area contributed by atoms with E-state index in [4.69, 9.17) is 4.74 Å². The minimum absolute atomic E-state index is 0.0535. The number of carbonyl (C=O) groups excluding carboxylic acids is 3. The van der Waals surface area contributed by atoms with Crippen LogP contribution >= 0.6 is 11.8 Å². The molecule has 2 aliphatic rings. The molecular weight excluding hydrogens is 348 g/mol. The molecule has 2 heterocycles. The Morgan fingerprint density at radius 3 is 2.64 bits per heavy atom. The number of hydrogen-bond acceptors (Lipinski definition) is 6. The number of thioether (sulfide) groups is 1. The van der Waals surface area contributed by atoms with Gasteiger partial charge in [-0.2, -0.15) is 0 Å². The van der Waals surface area contributed by atoms with E-state index in [9.17, 15) is 24.3 Å². The van der Waals surface area contributed by atoms with Crippen LogP contribution in [0.4, 0.5) is 0 Å². The number of aliphatic carboxylic acids is 1. The Morgan fingerprint density at radius 1 is 1.36 bits per heavy atom. The van der Waals surface area contributed by atoms with E-state index in [-0.39, 0.29) is 12.2 Å². The van der Waals surface area contributed by atoms with Gasteiger partial charge in [0.15, 0.2) is 11.8 Å². The van der Waals surface area contributed by atoms with Crippen LogP contribution < -0.4 is 5.32 Å². The summed E-state index contributed by atoms with van der Waals surface area (Å²) < 4.78 is 5.28. The van der Waals surface area contributed by atoms with Crippen LogP contribution in [0.1, 0.15) is 5.56 Å². The molecule has 2 N–H and O–H groups in total. The molecule has 9 heteroatoms. The van der Waals surface area contributed by atoms with Gasteiger partial charge in [0.1, 0.15) is 5.37 Å². The van der Waals surface area contributed by atoms with Crippen LogP contribution in [0.2, 0.25) is 0 Å². The number of methoxy groups -OCH3 is 1. The maximum atomic E-state index is 12.6. The van der Waals surface area contributed by atoms with Gasteiger partial charge in [0.25, 0.3) is 11.6 Å². The first kappa shape index (κ1) is 17.4. The lowest BCUT2D eigenvalue weighted by Crippen LogP contribution is -2.84.